The lowest BCUT2D eigenvalue weighted by molar-refractivity contribution is -0.137. The van der Waals surface area contributed by atoms with Crippen molar-refractivity contribution in [1.29, 1.82) is 0 Å². The van der Waals surface area contributed by atoms with Crippen molar-refractivity contribution in [2.75, 3.05) is 24.3 Å². The Labute approximate surface area is 224 Å². The number of carbonyl (C=O) groups excluding carboxylic acids is 2. The largest absolute Gasteiger partial charge is 0.418 e. The quantitative estimate of drug-likeness (QED) is 0.333. The number of nitrogens with one attached hydrogen (secondary N) is 3. The Kier molecular flexibility index (Phi) is 7.95. The van der Waals surface area contributed by atoms with Gasteiger partial charge in [-0.1, -0.05) is 23.2 Å². The Balaban J connectivity index is 1.44. The zero-order valence-electron chi connectivity index (χ0n) is 19.5. The third kappa shape index (κ3) is 6.26. The van der Waals surface area contributed by atoms with Crippen molar-refractivity contribution in [3.05, 3.63) is 75.8 Å². The fourth-order valence-electron chi connectivity index (χ4n) is 3.78. The number of nitrogens with two attached hydrogens (primary N) is 1. The molecule has 0 saturated carbocycles. The Morgan fingerprint density at radius 3 is 2.58 bits per heavy atom. The lowest BCUT2D eigenvalue weighted by Crippen LogP contribution is -2.59. The molecule has 9 nitrogen and oxygen atoms in total. The van der Waals surface area contributed by atoms with Crippen molar-refractivity contribution in [3.8, 4) is 0 Å². The molecule has 0 bridgehead atoms. The number of rotatable bonds is 7. The molecule has 5 N–H and O–H groups in total. The number of anilines is 3. The minimum atomic E-state index is -4.63. The van der Waals surface area contributed by atoms with Crippen LogP contribution in [-0.2, 0) is 22.3 Å². The smallest absolute Gasteiger partial charge is 0.397 e. The third-order valence-corrected chi connectivity index (χ3v) is 6.29. The Bertz CT molecular complexity index is 1370. The van der Waals surface area contributed by atoms with Gasteiger partial charge in [0.2, 0.25) is 5.91 Å². The minimum Gasteiger partial charge on any atom is -0.397 e. The van der Waals surface area contributed by atoms with Gasteiger partial charge in [-0.2, -0.15) is 13.2 Å². The number of carbonyl (C=O) groups is 2. The number of alkyl halides is 3. The SMILES string of the molecule is Nc1cncc(C(=O)NC2(C(=O)NCc3ncc(Nc4ccc(Cl)cc4C(F)(F)F)cc3Cl)CCOC2)c1. The maximum Gasteiger partial charge on any atom is 0.418 e. The second-order valence-electron chi connectivity index (χ2n) is 8.49. The van der Waals surface area contributed by atoms with Gasteiger partial charge in [0.15, 0.2) is 0 Å². The van der Waals surface area contributed by atoms with E-state index in [4.69, 9.17) is 33.7 Å². The van der Waals surface area contributed by atoms with Gasteiger partial charge in [-0.15, -0.1) is 0 Å². The summed E-state index contributed by atoms with van der Waals surface area (Å²) in [6, 6.07) is 6.15. The second kappa shape index (κ2) is 11.0. The summed E-state index contributed by atoms with van der Waals surface area (Å²) in [6.07, 6.45) is -0.403. The fraction of sp³-hybridized carbons (Fsp3) is 0.250. The van der Waals surface area contributed by atoms with E-state index in [-0.39, 0.29) is 58.9 Å². The highest BCUT2D eigenvalue weighted by Crippen LogP contribution is 2.38. The number of nitrogens with zero attached hydrogens (tertiary/aromatic N) is 2. The molecule has 1 saturated heterocycles. The van der Waals surface area contributed by atoms with Crippen LogP contribution in [0.2, 0.25) is 10.0 Å². The lowest BCUT2D eigenvalue weighted by atomic mass is 9.96. The monoisotopic (exact) mass is 568 g/mol. The molecule has 1 aromatic carbocycles. The van der Waals surface area contributed by atoms with Crippen molar-refractivity contribution in [2.45, 2.75) is 24.7 Å². The van der Waals surface area contributed by atoms with Crippen LogP contribution in [0.3, 0.4) is 0 Å². The first-order valence-corrected chi connectivity index (χ1v) is 11.9. The molecule has 1 aliphatic rings. The first-order chi connectivity index (χ1) is 18.0. The van der Waals surface area contributed by atoms with E-state index in [0.717, 1.165) is 6.07 Å². The zero-order chi connectivity index (χ0) is 27.5. The topological polar surface area (TPSA) is 131 Å². The number of nitrogen functional groups attached to an aromatic ring is 1. The van der Waals surface area contributed by atoms with Crippen LogP contribution in [-0.4, -0.2) is 40.5 Å². The van der Waals surface area contributed by atoms with Crippen LogP contribution in [0.1, 0.15) is 28.0 Å². The second-order valence-corrected chi connectivity index (χ2v) is 9.34. The van der Waals surface area contributed by atoms with Gasteiger partial charge in [0, 0.05) is 30.4 Å². The highest BCUT2D eigenvalue weighted by atomic mass is 35.5. The molecule has 1 fully saturated rings. The predicted octanol–water partition coefficient (Wildman–Crippen LogP) is 4.33. The molecule has 1 aliphatic heterocycles. The third-order valence-electron chi connectivity index (χ3n) is 5.73. The molecular weight excluding hydrogens is 548 g/mol. The van der Waals surface area contributed by atoms with Gasteiger partial charge >= 0.3 is 6.18 Å². The van der Waals surface area contributed by atoms with Crippen LogP contribution in [0.4, 0.5) is 30.2 Å². The van der Waals surface area contributed by atoms with Crippen LogP contribution in [0, 0.1) is 0 Å². The fourth-order valence-corrected chi connectivity index (χ4v) is 4.19. The van der Waals surface area contributed by atoms with E-state index < -0.39 is 29.1 Å². The summed E-state index contributed by atoms with van der Waals surface area (Å²) in [7, 11) is 0. The molecule has 0 aliphatic carbocycles. The maximum atomic E-state index is 13.4. The van der Waals surface area contributed by atoms with E-state index in [1.165, 1.54) is 42.9 Å². The number of ether oxygens (including phenoxy) is 1. The van der Waals surface area contributed by atoms with E-state index in [1.807, 2.05) is 0 Å². The highest BCUT2D eigenvalue weighted by molar-refractivity contribution is 6.31. The first kappa shape index (κ1) is 27.4. The molecule has 14 heteroatoms. The highest BCUT2D eigenvalue weighted by Gasteiger charge is 2.44. The summed E-state index contributed by atoms with van der Waals surface area (Å²) in [5, 5.41) is 8.08. The summed E-state index contributed by atoms with van der Waals surface area (Å²) in [4.78, 5) is 33.9. The number of benzene rings is 1. The van der Waals surface area contributed by atoms with Crippen LogP contribution >= 0.6 is 23.2 Å². The van der Waals surface area contributed by atoms with Gasteiger partial charge in [-0.3, -0.25) is 19.6 Å². The van der Waals surface area contributed by atoms with E-state index in [1.54, 1.807) is 0 Å². The normalized spacial score (nSPS) is 17.2. The van der Waals surface area contributed by atoms with Crippen molar-refractivity contribution in [3.63, 3.8) is 0 Å². The zero-order valence-corrected chi connectivity index (χ0v) is 21.0. The van der Waals surface area contributed by atoms with Gasteiger partial charge in [-0.25, -0.2) is 0 Å². The van der Waals surface area contributed by atoms with Crippen LogP contribution in [0.15, 0.2) is 48.9 Å². The van der Waals surface area contributed by atoms with Gasteiger partial charge in [0.1, 0.15) is 5.54 Å². The molecule has 2 amide bonds. The molecule has 3 heterocycles. The standard InChI is InChI=1S/C24H21Cl2F3N6O3/c25-14-1-2-19(17(6-14)24(27,28)29)34-16-7-18(26)20(32-10-16)11-33-22(37)23(3-4-38-12-23)35-21(36)13-5-15(30)9-31-8-13/h1-2,5-10,34H,3-4,11-12,30H2,(H,33,37)(H,35,36). The van der Waals surface area contributed by atoms with Gasteiger partial charge in [-0.05, 0) is 30.3 Å². The van der Waals surface area contributed by atoms with Crippen molar-refractivity contribution in [1.82, 2.24) is 20.6 Å². The van der Waals surface area contributed by atoms with Crippen LogP contribution < -0.4 is 21.7 Å². The molecule has 2 aromatic heterocycles. The molecule has 1 unspecified atom stereocenters. The van der Waals surface area contributed by atoms with Gasteiger partial charge < -0.3 is 26.4 Å². The number of amides is 2. The number of hydrogen-bond donors (Lipinski definition) is 4. The number of pyridine rings is 2. The average Bonchev–Trinajstić information content (AvgIpc) is 3.33. The Morgan fingerprint density at radius 1 is 1.13 bits per heavy atom. The average molecular weight is 569 g/mol. The minimum absolute atomic E-state index is 0.0486. The molecule has 3 aromatic rings. The molecule has 0 spiro atoms. The van der Waals surface area contributed by atoms with E-state index in [0.29, 0.717) is 5.69 Å². The number of aromatic nitrogens is 2. The van der Waals surface area contributed by atoms with Crippen LogP contribution in [0.5, 0.6) is 0 Å². The van der Waals surface area contributed by atoms with Crippen molar-refractivity contribution < 1.29 is 27.5 Å². The Morgan fingerprint density at radius 2 is 1.92 bits per heavy atom. The molecule has 0 radical (unpaired) electrons. The maximum absolute atomic E-state index is 13.4. The van der Waals surface area contributed by atoms with Crippen LogP contribution in [0.25, 0.3) is 0 Å². The van der Waals surface area contributed by atoms with E-state index >= 15 is 0 Å². The summed E-state index contributed by atoms with van der Waals surface area (Å²) >= 11 is 12.0. The molecule has 200 valence electrons. The van der Waals surface area contributed by atoms with Crippen molar-refractivity contribution in [2.24, 2.45) is 0 Å². The van der Waals surface area contributed by atoms with E-state index in [9.17, 15) is 22.8 Å². The van der Waals surface area contributed by atoms with Gasteiger partial charge in [0.05, 0.1) is 58.3 Å². The van der Waals surface area contributed by atoms with E-state index in [2.05, 4.69) is 25.9 Å². The number of halogens is 5. The van der Waals surface area contributed by atoms with Crippen molar-refractivity contribution >= 4 is 52.1 Å². The molecular formula is C24H21Cl2F3N6O3. The predicted molar refractivity (Wildman–Crippen MR) is 135 cm³/mol. The number of hydrogen-bond acceptors (Lipinski definition) is 7. The molecule has 38 heavy (non-hydrogen) atoms. The summed E-state index contributed by atoms with van der Waals surface area (Å²) in [6.45, 7) is 0.101. The molecule has 1 atom stereocenters. The van der Waals surface area contributed by atoms with Gasteiger partial charge in [0.25, 0.3) is 5.91 Å². The summed E-state index contributed by atoms with van der Waals surface area (Å²) in [5.41, 5.74) is 4.11. The summed E-state index contributed by atoms with van der Waals surface area (Å²) < 4.78 is 45.5. The first-order valence-electron chi connectivity index (χ1n) is 11.1. The summed E-state index contributed by atoms with van der Waals surface area (Å²) in [5.74, 6) is -1.06. The lowest BCUT2D eigenvalue weighted by Gasteiger charge is -2.27. The Hall–Kier alpha value is -3.61. The molecule has 4 rings (SSSR count).